The number of aliphatic hydroxyl groups excluding tert-OH is 1. The van der Waals surface area contributed by atoms with Crippen LogP contribution in [-0.2, 0) is 10.2 Å². The molecule has 2 heterocycles. The van der Waals surface area contributed by atoms with Crippen LogP contribution in [0.2, 0.25) is 0 Å². The molecule has 0 aromatic heterocycles. The van der Waals surface area contributed by atoms with Gasteiger partial charge in [-0.25, -0.2) is 0 Å². The van der Waals surface area contributed by atoms with E-state index in [-0.39, 0.29) is 6.61 Å². The predicted octanol–water partition coefficient (Wildman–Crippen LogP) is 0.421. The molecule has 1 atom stereocenters. The summed E-state index contributed by atoms with van der Waals surface area (Å²) in [5.74, 6) is 0.333. The zero-order valence-corrected chi connectivity index (χ0v) is 11.0. The second-order valence-electron chi connectivity index (χ2n) is 4.99. The standard InChI is InChI=1S/C11H22N2O3S/c14-9-5-11-4-8-13(10-11)17(15,16)12-6-2-1-3-7-12/h11,14H,1-10H2. The van der Waals surface area contributed by atoms with Crippen molar-refractivity contribution < 1.29 is 13.5 Å². The molecule has 0 amide bonds. The maximum atomic E-state index is 12.3. The van der Waals surface area contributed by atoms with Crippen LogP contribution in [0.5, 0.6) is 0 Å². The zero-order chi connectivity index (χ0) is 12.3. The van der Waals surface area contributed by atoms with E-state index in [1.165, 1.54) is 0 Å². The van der Waals surface area contributed by atoms with E-state index in [1.54, 1.807) is 8.61 Å². The van der Waals surface area contributed by atoms with Crippen molar-refractivity contribution in [3.05, 3.63) is 0 Å². The molecule has 0 radical (unpaired) electrons. The topological polar surface area (TPSA) is 60.9 Å². The van der Waals surface area contributed by atoms with E-state index in [9.17, 15) is 8.42 Å². The van der Waals surface area contributed by atoms with Crippen LogP contribution in [0.3, 0.4) is 0 Å². The molecule has 0 aromatic rings. The van der Waals surface area contributed by atoms with E-state index >= 15 is 0 Å². The SMILES string of the molecule is O=S(=O)(N1CCCCC1)N1CCC(CCO)C1. The molecule has 0 aliphatic carbocycles. The molecular formula is C11H22N2O3S. The maximum Gasteiger partial charge on any atom is 0.281 e. The van der Waals surface area contributed by atoms with Crippen molar-refractivity contribution in [1.29, 1.82) is 0 Å². The van der Waals surface area contributed by atoms with Crippen LogP contribution >= 0.6 is 0 Å². The molecular weight excluding hydrogens is 240 g/mol. The molecule has 0 aromatic carbocycles. The smallest absolute Gasteiger partial charge is 0.281 e. The van der Waals surface area contributed by atoms with Gasteiger partial charge in [-0.1, -0.05) is 6.42 Å². The van der Waals surface area contributed by atoms with Crippen LogP contribution in [0.15, 0.2) is 0 Å². The van der Waals surface area contributed by atoms with Gasteiger partial charge in [0, 0.05) is 32.8 Å². The normalized spacial score (nSPS) is 28.6. The summed E-state index contributed by atoms with van der Waals surface area (Å²) in [6, 6.07) is 0. The monoisotopic (exact) mass is 262 g/mol. The fourth-order valence-electron chi connectivity index (χ4n) is 2.68. The average Bonchev–Trinajstić information content (AvgIpc) is 2.80. The Kier molecular flexibility index (Phi) is 4.41. The summed E-state index contributed by atoms with van der Waals surface area (Å²) in [5.41, 5.74) is 0. The Balaban J connectivity index is 1.96. The van der Waals surface area contributed by atoms with Gasteiger partial charge in [0.25, 0.3) is 10.2 Å². The molecule has 2 rings (SSSR count). The lowest BCUT2D eigenvalue weighted by atomic mass is 10.1. The Bertz CT molecular complexity index is 339. The molecule has 0 saturated carbocycles. The van der Waals surface area contributed by atoms with Crippen LogP contribution in [0.4, 0.5) is 0 Å². The highest BCUT2D eigenvalue weighted by Gasteiger charge is 2.35. The number of hydrogen-bond acceptors (Lipinski definition) is 3. The fourth-order valence-corrected chi connectivity index (χ4v) is 4.47. The lowest BCUT2D eigenvalue weighted by Gasteiger charge is -2.30. The van der Waals surface area contributed by atoms with Gasteiger partial charge in [-0.05, 0) is 31.6 Å². The van der Waals surface area contributed by atoms with Crippen LogP contribution in [0, 0.1) is 5.92 Å². The fraction of sp³-hybridized carbons (Fsp3) is 1.00. The van der Waals surface area contributed by atoms with Gasteiger partial charge in [0.05, 0.1) is 0 Å². The summed E-state index contributed by atoms with van der Waals surface area (Å²) in [7, 11) is -3.23. The number of nitrogens with zero attached hydrogens (tertiary/aromatic N) is 2. The summed E-state index contributed by atoms with van der Waals surface area (Å²) in [4.78, 5) is 0. The van der Waals surface area contributed by atoms with Crippen LogP contribution in [0.25, 0.3) is 0 Å². The molecule has 2 saturated heterocycles. The van der Waals surface area contributed by atoms with Gasteiger partial charge in [0.1, 0.15) is 0 Å². The van der Waals surface area contributed by atoms with Gasteiger partial charge < -0.3 is 5.11 Å². The molecule has 100 valence electrons. The highest BCUT2D eigenvalue weighted by atomic mass is 32.2. The van der Waals surface area contributed by atoms with Crippen LogP contribution in [0.1, 0.15) is 32.1 Å². The molecule has 0 spiro atoms. The van der Waals surface area contributed by atoms with Crippen molar-refractivity contribution in [2.75, 3.05) is 32.8 Å². The third kappa shape index (κ3) is 2.99. The van der Waals surface area contributed by atoms with E-state index in [0.717, 1.165) is 25.7 Å². The van der Waals surface area contributed by atoms with E-state index < -0.39 is 10.2 Å². The van der Waals surface area contributed by atoms with Crippen molar-refractivity contribution in [3.8, 4) is 0 Å². The summed E-state index contributed by atoms with van der Waals surface area (Å²) in [5, 5.41) is 8.89. The van der Waals surface area contributed by atoms with Gasteiger partial charge in [-0.3, -0.25) is 0 Å². The van der Waals surface area contributed by atoms with Gasteiger partial charge >= 0.3 is 0 Å². The molecule has 2 aliphatic heterocycles. The summed E-state index contributed by atoms with van der Waals surface area (Å²) >= 11 is 0. The Morgan fingerprint density at radius 2 is 1.76 bits per heavy atom. The van der Waals surface area contributed by atoms with Gasteiger partial charge in [-0.15, -0.1) is 0 Å². The number of aliphatic hydroxyl groups is 1. The molecule has 2 aliphatic rings. The second-order valence-corrected chi connectivity index (χ2v) is 6.92. The minimum absolute atomic E-state index is 0.155. The van der Waals surface area contributed by atoms with E-state index in [0.29, 0.717) is 38.5 Å². The first-order valence-corrected chi connectivity index (χ1v) is 7.90. The molecule has 6 heteroatoms. The minimum atomic E-state index is -3.23. The lowest BCUT2D eigenvalue weighted by molar-refractivity contribution is 0.258. The molecule has 1 unspecified atom stereocenters. The third-order valence-corrected chi connectivity index (χ3v) is 5.76. The van der Waals surface area contributed by atoms with E-state index in [2.05, 4.69) is 0 Å². The molecule has 17 heavy (non-hydrogen) atoms. The predicted molar refractivity (Wildman–Crippen MR) is 65.7 cm³/mol. The number of rotatable bonds is 4. The van der Waals surface area contributed by atoms with Crippen molar-refractivity contribution in [3.63, 3.8) is 0 Å². The Hall–Kier alpha value is -0.170. The quantitative estimate of drug-likeness (QED) is 0.799. The van der Waals surface area contributed by atoms with Crippen molar-refractivity contribution >= 4 is 10.2 Å². The van der Waals surface area contributed by atoms with Crippen molar-refractivity contribution in [1.82, 2.24) is 8.61 Å². The highest BCUT2D eigenvalue weighted by molar-refractivity contribution is 7.86. The van der Waals surface area contributed by atoms with Crippen LogP contribution < -0.4 is 0 Å². The van der Waals surface area contributed by atoms with Crippen molar-refractivity contribution in [2.45, 2.75) is 32.1 Å². The third-order valence-electron chi connectivity index (χ3n) is 3.75. The largest absolute Gasteiger partial charge is 0.396 e. The molecule has 0 bridgehead atoms. The Morgan fingerprint density at radius 1 is 1.06 bits per heavy atom. The van der Waals surface area contributed by atoms with E-state index in [4.69, 9.17) is 5.11 Å². The first-order chi connectivity index (χ1) is 8.14. The zero-order valence-electron chi connectivity index (χ0n) is 10.2. The molecule has 1 N–H and O–H groups in total. The number of piperidine rings is 1. The molecule has 2 fully saturated rings. The first-order valence-electron chi connectivity index (χ1n) is 6.50. The van der Waals surface area contributed by atoms with Crippen LogP contribution in [-0.4, -0.2) is 54.9 Å². The van der Waals surface area contributed by atoms with Gasteiger partial charge in [0.15, 0.2) is 0 Å². The summed E-state index contributed by atoms with van der Waals surface area (Å²) in [6.45, 7) is 2.69. The van der Waals surface area contributed by atoms with Crippen molar-refractivity contribution in [2.24, 2.45) is 5.92 Å². The number of hydrogen-bond donors (Lipinski definition) is 1. The Labute approximate surface area is 104 Å². The van der Waals surface area contributed by atoms with Gasteiger partial charge in [-0.2, -0.15) is 17.0 Å². The van der Waals surface area contributed by atoms with E-state index in [1.807, 2.05) is 0 Å². The minimum Gasteiger partial charge on any atom is -0.396 e. The molecule has 5 nitrogen and oxygen atoms in total. The average molecular weight is 262 g/mol. The highest BCUT2D eigenvalue weighted by Crippen LogP contribution is 2.25. The first kappa shape index (κ1) is 13.3. The maximum absolute atomic E-state index is 12.3. The second kappa shape index (κ2) is 5.65. The van der Waals surface area contributed by atoms with Gasteiger partial charge in [0.2, 0.25) is 0 Å². The summed E-state index contributed by atoms with van der Waals surface area (Å²) in [6.07, 6.45) is 4.69. The Morgan fingerprint density at radius 3 is 2.41 bits per heavy atom. The lowest BCUT2D eigenvalue weighted by Crippen LogP contribution is -2.45. The summed E-state index contributed by atoms with van der Waals surface area (Å²) < 4.78 is 27.9.